The van der Waals surface area contributed by atoms with Gasteiger partial charge in [-0.3, -0.25) is 0 Å². The Morgan fingerprint density at radius 3 is 2.22 bits per heavy atom. The number of ether oxygens (including phenoxy) is 1. The molecule has 0 saturated carbocycles. The van der Waals surface area contributed by atoms with Gasteiger partial charge in [0.05, 0.1) is 15.6 Å². The third kappa shape index (κ3) is 5.91. The molecule has 0 aliphatic carbocycles. The van der Waals surface area contributed by atoms with Crippen molar-refractivity contribution >= 4 is 44.3 Å². The maximum atomic E-state index is 5.55. The Bertz CT molecular complexity index is 349. The van der Waals surface area contributed by atoms with Gasteiger partial charge in [0.2, 0.25) is 0 Å². The van der Waals surface area contributed by atoms with E-state index in [-0.39, 0.29) is 12.4 Å². The van der Waals surface area contributed by atoms with Crippen LogP contribution in [-0.4, -0.2) is 13.2 Å². The summed E-state index contributed by atoms with van der Waals surface area (Å²) in [6, 6.07) is 4.20. The molecule has 1 aromatic carbocycles. The maximum Gasteiger partial charge on any atom is 0.147 e. The third-order valence-corrected chi connectivity index (χ3v) is 3.41. The molecule has 5 heteroatoms. The van der Waals surface area contributed by atoms with Gasteiger partial charge >= 0.3 is 0 Å². The summed E-state index contributed by atoms with van der Waals surface area (Å²) in [6.07, 6.45) is 0. The van der Waals surface area contributed by atoms with Crippen molar-refractivity contribution in [2.75, 3.05) is 13.2 Å². The minimum atomic E-state index is 0. The van der Waals surface area contributed by atoms with E-state index in [2.05, 4.69) is 63.2 Å². The van der Waals surface area contributed by atoms with Crippen LogP contribution in [0.25, 0.3) is 0 Å². The molecule has 0 saturated heterocycles. The highest BCUT2D eigenvalue weighted by atomic mass is 79.9. The van der Waals surface area contributed by atoms with Gasteiger partial charge in [0.15, 0.2) is 0 Å². The molecule has 0 aliphatic heterocycles. The van der Waals surface area contributed by atoms with Crippen molar-refractivity contribution in [2.24, 2.45) is 5.92 Å². The Balaban J connectivity index is 0.00000289. The van der Waals surface area contributed by atoms with E-state index < -0.39 is 0 Å². The molecule has 0 amide bonds. The molecule has 0 bridgehead atoms. The SMILES string of the molecule is CCOc1c(Br)cc(CNCC(C)C)cc1Br.Cl. The predicted molar refractivity (Wildman–Crippen MR) is 86.8 cm³/mol. The van der Waals surface area contributed by atoms with Crippen LogP contribution in [-0.2, 0) is 6.54 Å². The van der Waals surface area contributed by atoms with Crippen LogP contribution in [0.4, 0.5) is 0 Å². The van der Waals surface area contributed by atoms with Gasteiger partial charge in [-0.2, -0.15) is 0 Å². The van der Waals surface area contributed by atoms with Crippen LogP contribution in [0.1, 0.15) is 26.3 Å². The fourth-order valence-corrected chi connectivity index (χ4v) is 3.01. The van der Waals surface area contributed by atoms with Crippen molar-refractivity contribution < 1.29 is 4.74 Å². The lowest BCUT2D eigenvalue weighted by Gasteiger charge is -2.12. The predicted octanol–water partition coefficient (Wildman–Crippen LogP) is 4.78. The van der Waals surface area contributed by atoms with Crippen molar-refractivity contribution in [3.05, 3.63) is 26.6 Å². The van der Waals surface area contributed by atoms with Crippen molar-refractivity contribution in [2.45, 2.75) is 27.3 Å². The quantitative estimate of drug-likeness (QED) is 0.741. The van der Waals surface area contributed by atoms with E-state index in [1.54, 1.807) is 0 Å². The second-order valence-corrected chi connectivity index (χ2v) is 6.06. The van der Waals surface area contributed by atoms with Crippen molar-refractivity contribution in [1.29, 1.82) is 0 Å². The van der Waals surface area contributed by atoms with E-state index in [0.29, 0.717) is 12.5 Å². The zero-order valence-corrected chi connectivity index (χ0v) is 14.9. The molecule has 104 valence electrons. The molecule has 0 heterocycles. The molecule has 1 N–H and O–H groups in total. The van der Waals surface area contributed by atoms with Gasteiger partial charge in [-0.1, -0.05) is 13.8 Å². The van der Waals surface area contributed by atoms with Crippen molar-refractivity contribution in [3.63, 3.8) is 0 Å². The first-order valence-corrected chi connectivity index (χ1v) is 7.44. The number of hydrogen-bond acceptors (Lipinski definition) is 2. The summed E-state index contributed by atoms with van der Waals surface area (Å²) in [4.78, 5) is 0. The molecule has 1 aromatic rings. The number of halogens is 3. The van der Waals surface area contributed by atoms with Gasteiger partial charge in [-0.15, -0.1) is 12.4 Å². The number of hydrogen-bond donors (Lipinski definition) is 1. The number of benzene rings is 1. The Morgan fingerprint density at radius 1 is 1.22 bits per heavy atom. The van der Waals surface area contributed by atoms with Crippen LogP contribution >= 0.6 is 44.3 Å². The van der Waals surface area contributed by atoms with Gasteiger partial charge in [-0.25, -0.2) is 0 Å². The molecule has 0 spiro atoms. The van der Waals surface area contributed by atoms with Crippen molar-refractivity contribution in [3.8, 4) is 5.75 Å². The molecular weight excluding hydrogens is 381 g/mol. The number of rotatable bonds is 6. The fraction of sp³-hybridized carbons (Fsp3) is 0.538. The normalized spacial score (nSPS) is 10.3. The standard InChI is InChI=1S/C13H19Br2NO.ClH/c1-4-17-13-11(14)5-10(6-12(13)15)8-16-7-9(2)3;/h5-6,9,16H,4,7-8H2,1-3H3;1H. The molecular formula is C13H20Br2ClNO. The zero-order chi connectivity index (χ0) is 12.8. The topological polar surface area (TPSA) is 21.3 Å². The summed E-state index contributed by atoms with van der Waals surface area (Å²) in [5, 5.41) is 3.42. The largest absolute Gasteiger partial charge is 0.492 e. The van der Waals surface area contributed by atoms with Crippen LogP contribution in [0.2, 0.25) is 0 Å². The van der Waals surface area contributed by atoms with Gasteiger partial charge in [-0.05, 0) is 68.9 Å². The van der Waals surface area contributed by atoms with Crippen LogP contribution in [0.15, 0.2) is 21.1 Å². The Hall–Kier alpha value is 0.230. The third-order valence-electron chi connectivity index (χ3n) is 2.23. The van der Waals surface area contributed by atoms with E-state index in [4.69, 9.17) is 4.74 Å². The van der Waals surface area contributed by atoms with Gasteiger partial charge in [0.25, 0.3) is 0 Å². The minimum Gasteiger partial charge on any atom is -0.492 e. The summed E-state index contributed by atoms with van der Waals surface area (Å²) in [7, 11) is 0. The smallest absolute Gasteiger partial charge is 0.147 e. The molecule has 2 nitrogen and oxygen atoms in total. The lowest BCUT2D eigenvalue weighted by molar-refractivity contribution is 0.336. The molecule has 0 atom stereocenters. The lowest BCUT2D eigenvalue weighted by atomic mass is 10.2. The monoisotopic (exact) mass is 399 g/mol. The highest BCUT2D eigenvalue weighted by Gasteiger charge is 2.08. The van der Waals surface area contributed by atoms with Gasteiger partial charge in [0, 0.05) is 6.54 Å². The average Bonchev–Trinajstić information content (AvgIpc) is 2.23. The Morgan fingerprint density at radius 2 is 1.78 bits per heavy atom. The highest BCUT2D eigenvalue weighted by Crippen LogP contribution is 2.34. The second kappa shape index (κ2) is 9.18. The van der Waals surface area contributed by atoms with E-state index in [1.165, 1.54) is 5.56 Å². The number of nitrogens with one attached hydrogen (secondary N) is 1. The van der Waals surface area contributed by atoms with Crippen LogP contribution in [0.5, 0.6) is 5.75 Å². The average molecular weight is 402 g/mol. The van der Waals surface area contributed by atoms with Crippen LogP contribution < -0.4 is 10.1 Å². The molecule has 18 heavy (non-hydrogen) atoms. The first-order valence-electron chi connectivity index (χ1n) is 5.86. The minimum absolute atomic E-state index is 0. The highest BCUT2D eigenvalue weighted by molar-refractivity contribution is 9.11. The van der Waals surface area contributed by atoms with Gasteiger partial charge in [0.1, 0.15) is 5.75 Å². The van der Waals surface area contributed by atoms with Crippen LogP contribution in [0, 0.1) is 5.92 Å². The summed E-state index contributed by atoms with van der Waals surface area (Å²) in [5.74, 6) is 1.55. The molecule has 0 aromatic heterocycles. The second-order valence-electron chi connectivity index (χ2n) is 4.35. The molecule has 0 aliphatic rings. The molecule has 1 rings (SSSR count). The Kier molecular flexibility index (Phi) is 9.30. The maximum absolute atomic E-state index is 5.55. The molecule has 0 unspecified atom stereocenters. The van der Waals surface area contributed by atoms with E-state index in [9.17, 15) is 0 Å². The summed E-state index contributed by atoms with van der Waals surface area (Å²) in [6.45, 7) is 8.97. The van der Waals surface area contributed by atoms with E-state index in [0.717, 1.165) is 27.8 Å². The lowest BCUT2D eigenvalue weighted by Crippen LogP contribution is -2.18. The first kappa shape index (κ1) is 18.2. The first-order chi connectivity index (χ1) is 8.04. The molecule has 0 radical (unpaired) electrons. The summed E-state index contributed by atoms with van der Waals surface area (Å²) in [5.41, 5.74) is 1.24. The summed E-state index contributed by atoms with van der Waals surface area (Å²) < 4.78 is 7.54. The van der Waals surface area contributed by atoms with Gasteiger partial charge < -0.3 is 10.1 Å². The summed E-state index contributed by atoms with van der Waals surface area (Å²) >= 11 is 7.07. The van der Waals surface area contributed by atoms with E-state index in [1.807, 2.05) is 6.92 Å². The van der Waals surface area contributed by atoms with Crippen molar-refractivity contribution in [1.82, 2.24) is 5.32 Å². The fourth-order valence-electron chi connectivity index (χ4n) is 1.50. The molecule has 0 fully saturated rings. The van der Waals surface area contributed by atoms with Crippen LogP contribution in [0.3, 0.4) is 0 Å². The zero-order valence-electron chi connectivity index (χ0n) is 10.9. The Labute approximate surface area is 133 Å². The van der Waals surface area contributed by atoms with E-state index >= 15 is 0 Å².